The molecule has 8 heteroatoms. The Hall–Kier alpha value is -1.80. The standard InChI is InChI=1S/C19H26F3N3O2/c1-24(2)7-3-4-13-11-25(8-9-27-13)19(26)23-15-6-5-12-10-14(20)17(21)18(22)16(12)15/h10,13,15H,3-9,11H2,1-2H3,(H,23,26). The fraction of sp³-hybridized carbons (Fsp3) is 0.632. The van der Waals surface area contributed by atoms with Gasteiger partial charge in [0, 0.05) is 18.7 Å². The average Bonchev–Trinajstić information content (AvgIpc) is 3.02. The molecular weight excluding hydrogens is 359 g/mol. The van der Waals surface area contributed by atoms with E-state index in [4.69, 9.17) is 4.74 Å². The molecule has 0 radical (unpaired) electrons. The third kappa shape index (κ3) is 4.55. The van der Waals surface area contributed by atoms with E-state index >= 15 is 0 Å². The Morgan fingerprint density at radius 1 is 1.33 bits per heavy atom. The van der Waals surface area contributed by atoms with Crippen molar-refractivity contribution in [2.24, 2.45) is 0 Å². The minimum atomic E-state index is -1.48. The van der Waals surface area contributed by atoms with Crippen LogP contribution < -0.4 is 5.32 Å². The first-order chi connectivity index (χ1) is 12.9. The van der Waals surface area contributed by atoms with E-state index in [-0.39, 0.29) is 17.7 Å². The Bertz CT molecular complexity index is 699. The van der Waals surface area contributed by atoms with Crippen LogP contribution in [0, 0.1) is 17.5 Å². The van der Waals surface area contributed by atoms with Gasteiger partial charge in [0.2, 0.25) is 0 Å². The summed E-state index contributed by atoms with van der Waals surface area (Å²) in [6.45, 7) is 2.33. The van der Waals surface area contributed by atoms with Gasteiger partial charge in [-0.05, 0) is 58.0 Å². The van der Waals surface area contributed by atoms with Crippen LogP contribution in [0.2, 0.25) is 0 Å². The summed E-state index contributed by atoms with van der Waals surface area (Å²) < 4.78 is 46.9. The summed E-state index contributed by atoms with van der Waals surface area (Å²) in [4.78, 5) is 16.4. The lowest BCUT2D eigenvalue weighted by Gasteiger charge is -2.34. The van der Waals surface area contributed by atoms with Crippen LogP contribution in [-0.2, 0) is 11.2 Å². The number of carbonyl (C=O) groups excluding carboxylic acids is 1. The first kappa shape index (κ1) is 19.9. The molecular formula is C19H26F3N3O2. The summed E-state index contributed by atoms with van der Waals surface area (Å²) in [5.74, 6) is -3.87. The predicted octanol–water partition coefficient (Wildman–Crippen LogP) is 2.84. The fourth-order valence-electron chi connectivity index (χ4n) is 3.78. The van der Waals surface area contributed by atoms with Gasteiger partial charge in [-0.3, -0.25) is 0 Å². The lowest BCUT2D eigenvalue weighted by molar-refractivity contribution is -0.0196. The average molecular weight is 385 g/mol. The van der Waals surface area contributed by atoms with Gasteiger partial charge in [0.1, 0.15) is 0 Å². The number of aryl methyl sites for hydroxylation is 1. The molecule has 1 N–H and O–H groups in total. The van der Waals surface area contributed by atoms with Crippen LogP contribution in [0.5, 0.6) is 0 Å². The molecule has 1 aromatic rings. The third-order valence-corrected chi connectivity index (χ3v) is 5.19. The minimum absolute atomic E-state index is 0.0245. The first-order valence-corrected chi connectivity index (χ1v) is 9.35. The predicted molar refractivity (Wildman–Crippen MR) is 95.0 cm³/mol. The maximum Gasteiger partial charge on any atom is 0.318 e. The Balaban J connectivity index is 1.60. The molecule has 2 amide bonds. The summed E-state index contributed by atoms with van der Waals surface area (Å²) in [6.07, 6.45) is 2.64. The summed E-state index contributed by atoms with van der Waals surface area (Å²) in [5.41, 5.74) is 0.485. The second-order valence-electron chi connectivity index (χ2n) is 7.48. The lowest BCUT2D eigenvalue weighted by Crippen LogP contribution is -2.50. The van der Waals surface area contributed by atoms with Crippen molar-refractivity contribution >= 4 is 6.03 Å². The topological polar surface area (TPSA) is 44.8 Å². The monoisotopic (exact) mass is 385 g/mol. The number of nitrogens with zero attached hydrogens (tertiary/aromatic N) is 2. The van der Waals surface area contributed by atoms with E-state index in [9.17, 15) is 18.0 Å². The van der Waals surface area contributed by atoms with E-state index in [0.717, 1.165) is 25.5 Å². The van der Waals surface area contributed by atoms with Gasteiger partial charge in [-0.25, -0.2) is 18.0 Å². The van der Waals surface area contributed by atoms with Gasteiger partial charge in [-0.1, -0.05) is 0 Å². The van der Waals surface area contributed by atoms with Gasteiger partial charge in [-0.2, -0.15) is 0 Å². The highest BCUT2D eigenvalue weighted by molar-refractivity contribution is 5.75. The first-order valence-electron chi connectivity index (χ1n) is 9.35. The molecule has 0 spiro atoms. The smallest absolute Gasteiger partial charge is 0.318 e. The maximum atomic E-state index is 14.2. The molecule has 1 fully saturated rings. The second-order valence-corrected chi connectivity index (χ2v) is 7.48. The van der Waals surface area contributed by atoms with Crippen molar-refractivity contribution in [3.8, 4) is 0 Å². The number of hydrogen-bond donors (Lipinski definition) is 1. The maximum absolute atomic E-state index is 14.2. The van der Waals surface area contributed by atoms with Gasteiger partial charge in [-0.15, -0.1) is 0 Å². The van der Waals surface area contributed by atoms with Gasteiger partial charge in [0.15, 0.2) is 17.5 Å². The molecule has 2 unspecified atom stereocenters. The number of nitrogens with one attached hydrogen (secondary N) is 1. The van der Waals surface area contributed by atoms with E-state index in [2.05, 4.69) is 10.2 Å². The van der Waals surface area contributed by atoms with Crippen LogP contribution in [-0.4, -0.2) is 62.3 Å². The second kappa shape index (κ2) is 8.48. The number of benzene rings is 1. The van der Waals surface area contributed by atoms with Crippen molar-refractivity contribution < 1.29 is 22.7 Å². The van der Waals surface area contributed by atoms with Crippen LogP contribution in [0.15, 0.2) is 6.07 Å². The van der Waals surface area contributed by atoms with Crippen LogP contribution in [0.3, 0.4) is 0 Å². The van der Waals surface area contributed by atoms with Crippen LogP contribution >= 0.6 is 0 Å². The largest absolute Gasteiger partial charge is 0.375 e. The molecule has 1 aliphatic carbocycles. The van der Waals surface area contributed by atoms with Gasteiger partial charge in [0.05, 0.1) is 18.8 Å². The lowest BCUT2D eigenvalue weighted by atomic mass is 10.1. The Labute approximate surface area is 157 Å². The molecule has 0 bridgehead atoms. The Morgan fingerprint density at radius 2 is 2.11 bits per heavy atom. The summed E-state index contributed by atoms with van der Waals surface area (Å²) in [7, 11) is 4.02. The van der Waals surface area contributed by atoms with Gasteiger partial charge in [0.25, 0.3) is 0 Å². The van der Waals surface area contributed by atoms with Crippen LogP contribution in [0.4, 0.5) is 18.0 Å². The number of halogens is 3. The van der Waals surface area contributed by atoms with Crippen LogP contribution in [0.25, 0.3) is 0 Å². The zero-order valence-corrected chi connectivity index (χ0v) is 15.7. The molecule has 3 rings (SSSR count). The minimum Gasteiger partial charge on any atom is -0.375 e. The number of hydrogen-bond acceptors (Lipinski definition) is 3. The highest BCUT2D eigenvalue weighted by Gasteiger charge is 2.33. The molecule has 1 aromatic carbocycles. The summed E-state index contributed by atoms with van der Waals surface area (Å²) in [5, 5.41) is 2.78. The summed E-state index contributed by atoms with van der Waals surface area (Å²) >= 11 is 0. The normalized spacial score (nSPS) is 22.2. The van der Waals surface area contributed by atoms with E-state index in [1.807, 2.05) is 14.1 Å². The van der Waals surface area contributed by atoms with Crippen molar-refractivity contribution in [3.05, 3.63) is 34.6 Å². The van der Waals surface area contributed by atoms with Crippen molar-refractivity contribution in [3.63, 3.8) is 0 Å². The number of morpholine rings is 1. The summed E-state index contributed by atoms with van der Waals surface area (Å²) in [6, 6.07) is 0.0608. The van der Waals surface area contributed by atoms with Crippen molar-refractivity contribution in [2.45, 2.75) is 37.8 Å². The zero-order chi connectivity index (χ0) is 19.6. The SMILES string of the molecule is CN(C)CCCC1CN(C(=O)NC2CCc3cc(F)c(F)c(F)c32)CCO1. The van der Waals surface area contributed by atoms with Crippen molar-refractivity contribution in [1.29, 1.82) is 0 Å². The number of carbonyl (C=O) groups is 1. The fourth-order valence-corrected chi connectivity index (χ4v) is 3.78. The third-order valence-electron chi connectivity index (χ3n) is 5.19. The van der Waals surface area contributed by atoms with E-state index < -0.39 is 23.5 Å². The van der Waals surface area contributed by atoms with E-state index in [0.29, 0.717) is 38.1 Å². The molecule has 1 saturated heterocycles. The molecule has 27 heavy (non-hydrogen) atoms. The van der Waals surface area contributed by atoms with Gasteiger partial charge >= 0.3 is 6.03 Å². The highest BCUT2D eigenvalue weighted by atomic mass is 19.2. The number of ether oxygens (including phenoxy) is 1. The Morgan fingerprint density at radius 3 is 2.85 bits per heavy atom. The van der Waals surface area contributed by atoms with Gasteiger partial charge < -0.3 is 19.9 Å². The van der Waals surface area contributed by atoms with E-state index in [1.165, 1.54) is 0 Å². The van der Waals surface area contributed by atoms with Crippen molar-refractivity contribution in [2.75, 3.05) is 40.3 Å². The molecule has 2 atom stereocenters. The molecule has 1 heterocycles. The van der Waals surface area contributed by atoms with Crippen LogP contribution in [0.1, 0.15) is 36.4 Å². The van der Waals surface area contributed by atoms with Crippen molar-refractivity contribution in [1.82, 2.24) is 15.1 Å². The van der Waals surface area contributed by atoms with E-state index in [1.54, 1.807) is 4.90 Å². The quantitative estimate of drug-likeness (QED) is 0.793. The molecule has 1 aliphatic heterocycles. The molecule has 150 valence electrons. The number of amides is 2. The molecule has 0 aromatic heterocycles. The highest BCUT2D eigenvalue weighted by Crippen LogP contribution is 2.35. The Kier molecular flexibility index (Phi) is 6.26. The molecule has 5 nitrogen and oxygen atoms in total. The zero-order valence-electron chi connectivity index (χ0n) is 15.7. The molecule has 0 saturated carbocycles. The number of urea groups is 1. The molecule has 2 aliphatic rings. The number of rotatable bonds is 5. The number of fused-ring (bicyclic) bond motifs is 1.